The number of aromatic nitrogens is 3. The highest BCUT2D eigenvalue weighted by Crippen LogP contribution is 2.09. The van der Waals surface area contributed by atoms with Gasteiger partial charge in [0.2, 0.25) is 4.96 Å². The summed E-state index contributed by atoms with van der Waals surface area (Å²) in [4.78, 5) is 16.7. The van der Waals surface area contributed by atoms with E-state index < -0.39 is 0 Å². The number of hydrogen-bond donors (Lipinski definition) is 0. The molecule has 0 aliphatic rings. The van der Waals surface area contributed by atoms with Crippen LogP contribution in [-0.4, -0.2) is 14.6 Å². The zero-order valence-corrected chi connectivity index (χ0v) is 11.1. The Morgan fingerprint density at radius 2 is 2.00 bits per heavy atom. The third-order valence-corrected chi connectivity index (χ3v) is 3.41. The van der Waals surface area contributed by atoms with Crippen molar-refractivity contribution in [2.75, 3.05) is 0 Å². The Bertz CT molecular complexity index is 799. The Morgan fingerprint density at radius 1 is 1.21 bits per heavy atom. The molecule has 0 fully saturated rings. The first-order valence-corrected chi connectivity index (χ1v) is 6.69. The molecule has 1 aromatic carbocycles. The van der Waals surface area contributed by atoms with Gasteiger partial charge >= 0.3 is 0 Å². The van der Waals surface area contributed by atoms with Crippen molar-refractivity contribution in [2.24, 2.45) is 0 Å². The first-order valence-electron chi connectivity index (χ1n) is 5.81. The minimum absolute atomic E-state index is 0.158. The van der Waals surface area contributed by atoms with Crippen LogP contribution in [0.4, 0.5) is 0 Å². The molecule has 0 N–H and O–H groups in total. The number of fused-ring (bicyclic) bond motifs is 1. The number of aryl methyl sites for hydroxylation is 1. The lowest BCUT2D eigenvalue weighted by Gasteiger charge is -1.96. The van der Waals surface area contributed by atoms with Crippen LogP contribution in [0, 0.1) is 6.92 Å². The maximum atomic E-state index is 11.7. The van der Waals surface area contributed by atoms with Crippen LogP contribution in [0.25, 0.3) is 17.1 Å². The molecule has 0 unspecified atom stereocenters. The SMILES string of the molecule is Cc1ccc(/C=C/c2cc(=O)n3ncsc3n2)cc1. The van der Waals surface area contributed by atoms with Crippen molar-refractivity contribution in [3.63, 3.8) is 0 Å². The highest BCUT2D eigenvalue weighted by Gasteiger charge is 2.01. The molecule has 94 valence electrons. The minimum atomic E-state index is -0.158. The van der Waals surface area contributed by atoms with Gasteiger partial charge in [-0.25, -0.2) is 4.98 Å². The molecule has 2 aromatic heterocycles. The fourth-order valence-electron chi connectivity index (χ4n) is 1.72. The predicted octanol–water partition coefficient (Wildman–Crippen LogP) is 2.63. The van der Waals surface area contributed by atoms with E-state index in [1.165, 1.54) is 27.5 Å². The molecule has 0 aliphatic carbocycles. The van der Waals surface area contributed by atoms with Crippen LogP contribution in [0.5, 0.6) is 0 Å². The van der Waals surface area contributed by atoms with Crippen LogP contribution in [0.1, 0.15) is 16.8 Å². The molecule has 0 bridgehead atoms. The van der Waals surface area contributed by atoms with Gasteiger partial charge in [0.05, 0.1) is 5.69 Å². The summed E-state index contributed by atoms with van der Waals surface area (Å²) in [6, 6.07) is 9.65. The average molecular weight is 269 g/mol. The second-order valence-corrected chi connectivity index (χ2v) is 5.01. The predicted molar refractivity (Wildman–Crippen MR) is 77.2 cm³/mol. The summed E-state index contributed by atoms with van der Waals surface area (Å²) in [6.45, 7) is 2.05. The van der Waals surface area contributed by atoms with Crippen molar-refractivity contribution in [1.29, 1.82) is 0 Å². The van der Waals surface area contributed by atoms with Gasteiger partial charge in [0, 0.05) is 6.07 Å². The summed E-state index contributed by atoms with van der Waals surface area (Å²) >= 11 is 1.35. The van der Waals surface area contributed by atoms with E-state index in [1.54, 1.807) is 5.51 Å². The van der Waals surface area contributed by atoms with E-state index in [2.05, 4.69) is 10.1 Å². The molecule has 2 heterocycles. The number of nitrogens with zero attached hydrogens (tertiary/aromatic N) is 3. The second kappa shape index (κ2) is 4.78. The van der Waals surface area contributed by atoms with Crippen LogP contribution in [0.15, 0.2) is 40.6 Å². The fraction of sp³-hybridized carbons (Fsp3) is 0.0714. The number of benzene rings is 1. The monoisotopic (exact) mass is 269 g/mol. The van der Waals surface area contributed by atoms with Gasteiger partial charge in [-0.2, -0.15) is 9.61 Å². The quantitative estimate of drug-likeness (QED) is 0.718. The lowest BCUT2D eigenvalue weighted by atomic mass is 10.1. The Kier molecular flexibility index (Phi) is 2.97. The van der Waals surface area contributed by atoms with Crippen molar-refractivity contribution in [3.05, 3.63) is 63.0 Å². The van der Waals surface area contributed by atoms with Crippen LogP contribution < -0.4 is 5.56 Å². The van der Waals surface area contributed by atoms with Crippen molar-refractivity contribution in [2.45, 2.75) is 6.92 Å². The second-order valence-electron chi connectivity index (χ2n) is 4.20. The van der Waals surface area contributed by atoms with Crippen LogP contribution >= 0.6 is 11.3 Å². The molecule has 3 rings (SSSR count). The van der Waals surface area contributed by atoms with Crippen molar-refractivity contribution < 1.29 is 0 Å². The molecule has 0 saturated heterocycles. The van der Waals surface area contributed by atoms with E-state index >= 15 is 0 Å². The average Bonchev–Trinajstić information content (AvgIpc) is 2.87. The van der Waals surface area contributed by atoms with Gasteiger partial charge in [-0.15, -0.1) is 0 Å². The molecule has 5 heteroatoms. The largest absolute Gasteiger partial charge is 0.275 e. The standard InChI is InChI=1S/C14H11N3OS/c1-10-2-4-11(5-3-10)6-7-12-8-13(18)17-14(16-12)19-9-15-17/h2-9H,1H3/b7-6+. The highest BCUT2D eigenvalue weighted by atomic mass is 32.1. The van der Waals surface area contributed by atoms with Crippen LogP contribution in [0.3, 0.4) is 0 Å². The van der Waals surface area contributed by atoms with Crippen molar-refractivity contribution in [3.8, 4) is 0 Å². The molecule has 0 amide bonds. The van der Waals surface area contributed by atoms with E-state index in [1.807, 2.05) is 43.3 Å². The highest BCUT2D eigenvalue weighted by molar-refractivity contribution is 7.14. The van der Waals surface area contributed by atoms with Crippen molar-refractivity contribution >= 4 is 28.4 Å². The van der Waals surface area contributed by atoms with Gasteiger partial charge in [-0.05, 0) is 18.6 Å². The summed E-state index contributed by atoms with van der Waals surface area (Å²) < 4.78 is 1.30. The molecule has 3 aromatic rings. The van der Waals surface area contributed by atoms with Gasteiger partial charge in [0.15, 0.2) is 0 Å². The summed E-state index contributed by atoms with van der Waals surface area (Å²) in [5, 5.41) is 3.92. The molecule has 0 atom stereocenters. The van der Waals surface area contributed by atoms with Gasteiger partial charge in [-0.3, -0.25) is 4.79 Å². The van der Waals surface area contributed by atoms with Crippen molar-refractivity contribution in [1.82, 2.24) is 14.6 Å². The van der Waals surface area contributed by atoms with E-state index in [0.29, 0.717) is 10.7 Å². The Hall–Kier alpha value is -2.27. The smallest absolute Gasteiger partial charge is 0.267 e. The first kappa shape index (κ1) is 11.8. The van der Waals surface area contributed by atoms with E-state index in [-0.39, 0.29) is 5.56 Å². The van der Waals surface area contributed by atoms with E-state index in [4.69, 9.17) is 0 Å². The minimum Gasteiger partial charge on any atom is -0.267 e. The molecular formula is C14H11N3OS. The van der Waals surface area contributed by atoms with E-state index in [0.717, 1.165) is 5.56 Å². The zero-order valence-electron chi connectivity index (χ0n) is 10.3. The van der Waals surface area contributed by atoms with Gasteiger partial charge in [0.1, 0.15) is 5.51 Å². The molecule has 0 spiro atoms. The Balaban J connectivity index is 1.96. The number of rotatable bonds is 2. The molecule has 0 aliphatic heterocycles. The summed E-state index contributed by atoms with van der Waals surface area (Å²) in [5.74, 6) is 0. The third-order valence-electron chi connectivity index (χ3n) is 2.73. The molecular weight excluding hydrogens is 258 g/mol. The normalized spacial score (nSPS) is 11.4. The summed E-state index contributed by atoms with van der Waals surface area (Å²) in [7, 11) is 0. The summed E-state index contributed by atoms with van der Waals surface area (Å²) in [5.41, 5.74) is 4.40. The molecule has 0 radical (unpaired) electrons. The lowest BCUT2D eigenvalue weighted by Crippen LogP contribution is -2.13. The fourth-order valence-corrected chi connectivity index (χ4v) is 2.35. The Labute approximate surface area is 113 Å². The van der Waals surface area contributed by atoms with Gasteiger partial charge < -0.3 is 0 Å². The lowest BCUT2D eigenvalue weighted by molar-refractivity contribution is 0.897. The first-order chi connectivity index (χ1) is 9.22. The molecule has 19 heavy (non-hydrogen) atoms. The third kappa shape index (κ3) is 2.46. The maximum absolute atomic E-state index is 11.7. The van der Waals surface area contributed by atoms with E-state index in [9.17, 15) is 4.79 Å². The number of hydrogen-bond acceptors (Lipinski definition) is 4. The Morgan fingerprint density at radius 3 is 2.79 bits per heavy atom. The molecule has 4 nitrogen and oxygen atoms in total. The van der Waals surface area contributed by atoms with Gasteiger partial charge in [-0.1, -0.05) is 47.2 Å². The zero-order chi connectivity index (χ0) is 13.2. The van der Waals surface area contributed by atoms with Gasteiger partial charge in [0.25, 0.3) is 5.56 Å². The topological polar surface area (TPSA) is 47.3 Å². The summed E-state index contributed by atoms with van der Waals surface area (Å²) in [6.07, 6.45) is 3.78. The van der Waals surface area contributed by atoms with Crippen LogP contribution in [-0.2, 0) is 0 Å². The van der Waals surface area contributed by atoms with Crippen LogP contribution in [0.2, 0.25) is 0 Å². The maximum Gasteiger partial charge on any atom is 0.275 e. The molecule has 0 saturated carbocycles.